The van der Waals surface area contributed by atoms with Gasteiger partial charge in [0.25, 0.3) is 0 Å². The molecule has 0 heterocycles. The predicted molar refractivity (Wildman–Crippen MR) is 73.5 cm³/mol. The van der Waals surface area contributed by atoms with Crippen molar-refractivity contribution >= 4 is 5.97 Å². The summed E-state index contributed by atoms with van der Waals surface area (Å²) in [6.07, 6.45) is 5.63. The molecule has 2 rings (SSSR count). The maximum atomic E-state index is 11.8. The third-order valence-electron chi connectivity index (χ3n) is 3.66. The Morgan fingerprint density at radius 1 is 1.47 bits per heavy atom. The Morgan fingerprint density at radius 2 is 2.21 bits per heavy atom. The standard InChI is InChI=1S/C16H20O3/c1-2-19-15(18)16(12-17)11-14(16)10-6-9-13-7-4-3-5-8-13/h3-8,10,14,17H,2,9,11-12H2,1H3/b10-6+. The zero-order chi connectivity index (χ0) is 13.7. The Labute approximate surface area is 113 Å². The van der Waals surface area contributed by atoms with E-state index in [1.54, 1.807) is 6.92 Å². The van der Waals surface area contributed by atoms with Crippen LogP contribution in [0.25, 0.3) is 0 Å². The molecule has 0 bridgehead atoms. The Bertz CT molecular complexity index is 452. The van der Waals surface area contributed by atoms with E-state index in [-0.39, 0.29) is 18.5 Å². The number of carbonyl (C=O) groups is 1. The van der Waals surface area contributed by atoms with Crippen molar-refractivity contribution in [1.82, 2.24) is 0 Å². The molecule has 1 aromatic rings. The summed E-state index contributed by atoms with van der Waals surface area (Å²) in [7, 11) is 0. The Hall–Kier alpha value is -1.61. The van der Waals surface area contributed by atoms with Crippen LogP contribution < -0.4 is 0 Å². The van der Waals surface area contributed by atoms with Gasteiger partial charge in [0.05, 0.1) is 18.6 Å². The molecule has 1 N–H and O–H groups in total. The van der Waals surface area contributed by atoms with Gasteiger partial charge in [0.15, 0.2) is 0 Å². The van der Waals surface area contributed by atoms with Crippen molar-refractivity contribution in [2.45, 2.75) is 19.8 Å². The second-order valence-corrected chi connectivity index (χ2v) is 4.96. The molecular formula is C16H20O3. The Morgan fingerprint density at radius 3 is 2.84 bits per heavy atom. The zero-order valence-electron chi connectivity index (χ0n) is 11.2. The van der Waals surface area contributed by atoms with Crippen LogP contribution in [0.3, 0.4) is 0 Å². The molecule has 19 heavy (non-hydrogen) atoms. The normalized spacial score (nSPS) is 25.5. The second kappa shape index (κ2) is 6.02. The molecule has 3 heteroatoms. The lowest BCUT2D eigenvalue weighted by molar-refractivity contribution is -0.151. The molecule has 1 saturated carbocycles. The number of rotatable bonds is 6. The zero-order valence-corrected chi connectivity index (χ0v) is 11.2. The van der Waals surface area contributed by atoms with Gasteiger partial charge in [-0.1, -0.05) is 42.5 Å². The maximum absolute atomic E-state index is 11.8. The minimum absolute atomic E-state index is 0.111. The van der Waals surface area contributed by atoms with Crippen molar-refractivity contribution in [3.05, 3.63) is 48.0 Å². The van der Waals surface area contributed by atoms with E-state index >= 15 is 0 Å². The summed E-state index contributed by atoms with van der Waals surface area (Å²) < 4.78 is 5.02. The summed E-state index contributed by atoms with van der Waals surface area (Å²) in [5.41, 5.74) is 0.563. The molecule has 0 saturated heterocycles. The number of esters is 1. The van der Waals surface area contributed by atoms with Crippen LogP contribution in [0.5, 0.6) is 0 Å². The molecule has 2 unspecified atom stereocenters. The minimum Gasteiger partial charge on any atom is -0.465 e. The van der Waals surface area contributed by atoms with E-state index in [0.29, 0.717) is 13.0 Å². The smallest absolute Gasteiger partial charge is 0.315 e. The summed E-state index contributed by atoms with van der Waals surface area (Å²) >= 11 is 0. The van der Waals surface area contributed by atoms with Crippen molar-refractivity contribution in [2.75, 3.05) is 13.2 Å². The summed E-state index contributed by atoms with van der Waals surface area (Å²) in [4.78, 5) is 11.8. The van der Waals surface area contributed by atoms with Crippen LogP contribution in [0.4, 0.5) is 0 Å². The highest BCUT2D eigenvalue weighted by molar-refractivity contribution is 5.81. The van der Waals surface area contributed by atoms with Gasteiger partial charge in [-0.05, 0) is 31.2 Å². The van der Waals surface area contributed by atoms with Crippen molar-refractivity contribution in [1.29, 1.82) is 0 Å². The van der Waals surface area contributed by atoms with Crippen molar-refractivity contribution in [2.24, 2.45) is 11.3 Å². The highest BCUT2D eigenvalue weighted by Gasteiger charge is 2.59. The van der Waals surface area contributed by atoms with Gasteiger partial charge in [0.2, 0.25) is 0 Å². The Kier molecular flexibility index (Phi) is 4.38. The van der Waals surface area contributed by atoms with E-state index in [0.717, 1.165) is 6.42 Å². The monoisotopic (exact) mass is 260 g/mol. The van der Waals surface area contributed by atoms with E-state index in [1.165, 1.54) is 5.56 Å². The Balaban J connectivity index is 1.89. The fraction of sp³-hybridized carbons (Fsp3) is 0.438. The molecular weight excluding hydrogens is 240 g/mol. The number of aliphatic hydroxyl groups is 1. The van der Waals surface area contributed by atoms with Gasteiger partial charge >= 0.3 is 5.97 Å². The molecule has 1 aliphatic rings. The number of hydrogen-bond donors (Lipinski definition) is 1. The van der Waals surface area contributed by atoms with Gasteiger partial charge < -0.3 is 9.84 Å². The predicted octanol–water partition coefficient (Wildman–Crippen LogP) is 2.35. The van der Waals surface area contributed by atoms with Crippen LogP contribution >= 0.6 is 0 Å². The lowest BCUT2D eigenvalue weighted by Crippen LogP contribution is -2.24. The van der Waals surface area contributed by atoms with Crippen LogP contribution in [-0.4, -0.2) is 24.3 Å². The largest absolute Gasteiger partial charge is 0.465 e. The highest BCUT2D eigenvalue weighted by atomic mass is 16.5. The quantitative estimate of drug-likeness (QED) is 0.631. The summed E-state index contributed by atoms with van der Waals surface area (Å²) in [6.45, 7) is 2.01. The molecule has 2 atom stereocenters. The first-order valence-corrected chi connectivity index (χ1v) is 6.71. The summed E-state index contributed by atoms with van der Waals surface area (Å²) in [6, 6.07) is 10.2. The average Bonchev–Trinajstić information content (AvgIpc) is 3.15. The van der Waals surface area contributed by atoms with Gasteiger partial charge in [0.1, 0.15) is 0 Å². The van der Waals surface area contributed by atoms with Gasteiger partial charge in [-0.25, -0.2) is 0 Å². The molecule has 1 fully saturated rings. The van der Waals surface area contributed by atoms with E-state index in [4.69, 9.17) is 4.74 Å². The van der Waals surface area contributed by atoms with Gasteiger partial charge in [-0.15, -0.1) is 0 Å². The number of carbonyl (C=O) groups excluding carboxylic acids is 1. The summed E-state index contributed by atoms with van der Waals surface area (Å²) in [5, 5.41) is 9.41. The topological polar surface area (TPSA) is 46.5 Å². The van der Waals surface area contributed by atoms with Crippen molar-refractivity contribution in [3.8, 4) is 0 Å². The summed E-state index contributed by atoms with van der Waals surface area (Å²) in [5.74, 6) is -0.160. The van der Waals surface area contributed by atoms with E-state index < -0.39 is 5.41 Å². The van der Waals surface area contributed by atoms with Crippen LogP contribution in [0.2, 0.25) is 0 Å². The second-order valence-electron chi connectivity index (χ2n) is 4.96. The minimum atomic E-state index is -0.677. The van der Waals surface area contributed by atoms with Crippen LogP contribution in [-0.2, 0) is 16.0 Å². The van der Waals surface area contributed by atoms with Crippen LogP contribution in [0.1, 0.15) is 18.9 Å². The molecule has 3 nitrogen and oxygen atoms in total. The third kappa shape index (κ3) is 3.04. The van der Waals surface area contributed by atoms with Crippen LogP contribution in [0.15, 0.2) is 42.5 Å². The number of hydrogen-bond acceptors (Lipinski definition) is 3. The molecule has 0 aromatic heterocycles. The van der Waals surface area contributed by atoms with Crippen molar-refractivity contribution in [3.63, 3.8) is 0 Å². The number of aliphatic hydroxyl groups excluding tert-OH is 1. The third-order valence-corrected chi connectivity index (χ3v) is 3.66. The highest BCUT2D eigenvalue weighted by Crippen LogP contribution is 2.54. The number of allylic oxidation sites excluding steroid dienone is 2. The first-order valence-electron chi connectivity index (χ1n) is 6.71. The fourth-order valence-corrected chi connectivity index (χ4v) is 2.32. The molecule has 1 aliphatic carbocycles. The molecule has 0 radical (unpaired) electrons. The molecule has 0 spiro atoms. The molecule has 0 amide bonds. The number of benzene rings is 1. The SMILES string of the molecule is CCOC(=O)C1(CO)CC1/C=C/Cc1ccccc1. The van der Waals surface area contributed by atoms with E-state index in [9.17, 15) is 9.90 Å². The first-order chi connectivity index (χ1) is 9.23. The van der Waals surface area contributed by atoms with Gasteiger partial charge in [-0.2, -0.15) is 0 Å². The van der Waals surface area contributed by atoms with Crippen LogP contribution in [0, 0.1) is 11.3 Å². The lowest BCUT2D eigenvalue weighted by atomic mass is 10.0. The fourth-order valence-electron chi connectivity index (χ4n) is 2.32. The van der Waals surface area contributed by atoms with Gasteiger partial charge in [-0.3, -0.25) is 4.79 Å². The van der Waals surface area contributed by atoms with Gasteiger partial charge in [0, 0.05) is 0 Å². The average molecular weight is 260 g/mol. The van der Waals surface area contributed by atoms with Crippen molar-refractivity contribution < 1.29 is 14.6 Å². The molecule has 0 aliphatic heterocycles. The maximum Gasteiger partial charge on any atom is 0.315 e. The first kappa shape index (κ1) is 13.8. The number of ether oxygens (including phenoxy) is 1. The molecule has 1 aromatic carbocycles. The van der Waals surface area contributed by atoms with E-state index in [1.807, 2.05) is 24.3 Å². The lowest BCUT2D eigenvalue weighted by Gasteiger charge is -2.11. The van der Waals surface area contributed by atoms with E-state index in [2.05, 4.69) is 18.2 Å². The molecule has 102 valence electrons.